The Balaban J connectivity index is 2.21. The van der Waals surface area contributed by atoms with Gasteiger partial charge >= 0.3 is 0 Å². The highest BCUT2D eigenvalue weighted by molar-refractivity contribution is 6.07. The zero-order valence-electron chi connectivity index (χ0n) is 10.3. The van der Waals surface area contributed by atoms with Crippen LogP contribution in [-0.4, -0.2) is 5.78 Å². The molecule has 0 amide bonds. The molecule has 2 aromatic carbocycles. The Labute approximate surface area is 107 Å². The van der Waals surface area contributed by atoms with Crippen molar-refractivity contribution < 1.29 is 4.79 Å². The summed E-state index contributed by atoms with van der Waals surface area (Å²) in [6, 6.07) is 14.9. The average Bonchev–Trinajstić information content (AvgIpc) is 2.40. The monoisotopic (exact) mass is 237 g/mol. The summed E-state index contributed by atoms with van der Waals surface area (Å²) in [6.45, 7) is 2.00. The topological polar surface area (TPSA) is 43.1 Å². The van der Waals surface area contributed by atoms with Gasteiger partial charge in [0, 0.05) is 11.3 Å². The molecule has 0 aliphatic heterocycles. The lowest BCUT2D eigenvalue weighted by Gasteiger charge is -2.01. The molecule has 2 nitrogen and oxygen atoms in total. The highest BCUT2D eigenvalue weighted by Crippen LogP contribution is 2.15. The van der Waals surface area contributed by atoms with Gasteiger partial charge in [0.05, 0.1) is 0 Å². The Hall–Kier alpha value is -2.35. The van der Waals surface area contributed by atoms with Crippen molar-refractivity contribution in [2.24, 2.45) is 0 Å². The summed E-state index contributed by atoms with van der Waals surface area (Å²) in [7, 11) is 0. The first kappa shape index (κ1) is 12.1. The molecule has 0 radical (unpaired) electrons. The van der Waals surface area contributed by atoms with E-state index >= 15 is 0 Å². The fourth-order valence-corrected chi connectivity index (χ4v) is 1.70. The first-order valence-electron chi connectivity index (χ1n) is 5.80. The van der Waals surface area contributed by atoms with E-state index in [0.717, 1.165) is 11.1 Å². The zero-order valence-corrected chi connectivity index (χ0v) is 10.3. The van der Waals surface area contributed by atoms with Gasteiger partial charge in [-0.3, -0.25) is 4.79 Å². The Morgan fingerprint density at radius 3 is 2.56 bits per heavy atom. The summed E-state index contributed by atoms with van der Waals surface area (Å²) in [6.07, 6.45) is 3.32. The summed E-state index contributed by atoms with van der Waals surface area (Å²) < 4.78 is 0. The number of aryl methyl sites for hydroxylation is 1. The van der Waals surface area contributed by atoms with E-state index in [2.05, 4.69) is 0 Å². The molecule has 0 atom stereocenters. The van der Waals surface area contributed by atoms with E-state index in [1.807, 2.05) is 43.3 Å². The standard InChI is InChI=1S/C16H15NO/c1-12-7-9-15(17)14(11-12)8-10-16(18)13-5-3-2-4-6-13/h2-11H,17H2,1H3/b10-8+. The van der Waals surface area contributed by atoms with Crippen molar-refractivity contribution in [1.82, 2.24) is 0 Å². The Kier molecular flexibility index (Phi) is 3.58. The van der Waals surface area contributed by atoms with E-state index in [9.17, 15) is 4.79 Å². The van der Waals surface area contributed by atoms with Crippen LogP contribution in [0.2, 0.25) is 0 Å². The van der Waals surface area contributed by atoms with Gasteiger partial charge in [-0.15, -0.1) is 0 Å². The molecule has 0 aromatic heterocycles. The molecule has 2 rings (SSSR count). The second-order valence-electron chi connectivity index (χ2n) is 4.20. The number of anilines is 1. The zero-order chi connectivity index (χ0) is 13.0. The van der Waals surface area contributed by atoms with Crippen LogP contribution in [0.4, 0.5) is 5.69 Å². The van der Waals surface area contributed by atoms with E-state index in [4.69, 9.17) is 5.73 Å². The van der Waals surface area contributed by atoms with Crippen LogP contribution in [-0.2, 0) is 0 Å². The molecule has 0 heterocycles. The number of carbonyl (C=O) groups is 1. The van der Waals surface area contributed by atoms with Crippen molar-refractivity contribution in [2.75, 3.05) is 5.73 Å². The molecule has 0 aliphatic carbocycles. The maximum Gasteiger partial charge on any atom is 0.185 e. The van der Waals surface area contributed by atoms with Crippen LogP contribution in [0.1, 0.15) is 21.5 Å². The van der Waals surface area contributed by atoms with Gasteiger partial charge in [0.25, 0.3) is 0 Å². The largest absolute Gasteiger partial charge is 0.398 e. The van der Waals surface area contributed by atoms with Gasteiger partial charge in [-0.2, -0.15) is 0 Å². The first-order valence-corrected chi connectivity index (χ1v) is 5.80. The molecule has 0 saturated heterocycles. The summed E-state index contributed by atoms with van der Waals surface area (Å²) >= 11 is 0. The predicted molar refractivity (Wildman–Crippen MR) is 75.4 cm³/mol. The summed E-state index contributed by atoms with van der Waals surface area (Å²) in [5.41, 5.74) is 9.21. The van der Waals surface area contributed by atoms with Crippen LogP contribution < -0.4 is 5.73 Å². The molecule has 0 unspecified atom stereocenters. The highest BCUT2D eigenvalue weighted by Gasteiger charge is 2.00. The molecule has 0 spiro atoms. The number of nitrogen functional groups attached to an aromatic ring is 1. The van der Waals surface area contributed by atoms with Crippen LogP contribution >= 0.6 is 0 Å². The second-order valence-corrected chi connectivity index (χ2v) is 4.20. The molecular weight excluding hydrogens is 222 g/mol. The van der Waals surface area contributed by atoms with E-state index in [0.29, 0.717) is 11.3 Å². The molecule has 0 aliphatic rings. The van der Waals surface area contributed by atoms with Crippen LogP contribution in [0, 0.1) is 6.92 Å². The van der Waals surface area contributed by atoms with Gasteiger partial charge in [0.2, 0.25) is 0 Å². The van der Waals surface area contributed by atoms with E-state index in [1.54, 1.807) is 24.3 Å². The van der Waals surface area contributed by atoms with Gasteiger partial charge in [-0.1, -0.05) is 42.0 Å². The SMILES string of the molecule is Cc1ccc(N)c(/C=C/C(=O)c2ccccc2)c1. The lowest BCUT2D eigenvalue weighted by atomic mass is 10.1. The highest BCUT2D eigenvalue weighted by atomic mass is 16.1. The van der Waals surface area contributed by atoms with Crippen LogP contribution in [0.5, 0.6) is 0 Å². The third kappa shape index (κ3) is 2.86. The number of carbonyl (C=O) groups excluding carboxylic acids is 1. The number of hydrogen-bond acceptors (Lipinski definition) is 2. The maximum atomic E-state index is 11.9. The van der Waals surface area contributed by atoms with Gasteiger partial charge in [0.1, 0.15) is 0 Å². The number of rotatable bonds is 3. The Morgan fingerprint density at radius 2 is 1.83 bits per heavy atom. The van der Waals surface area contributed by atoms with E-state index < -0.39 is 0 Å². The van der Waals surface area contributed by atoms with Crippen molar-refractivity contribution in [2.45, 2.75) is 6.92 Å². The molecule has 2 heteroatoms. The molecule has 0 saturated carbocycles. The third-order valence-electron chi connectivity index (χ3n) is 2.71. The Morgan fingerprint density at radius 1 is 1.11 bits per heavy atom. The minimum atomic E-state index is -0.0171. The number of ketones is 1. The van der Waals surface area contributed by atoms with Crippen molar-refractivity contribution in [1.29, 1.82) is 0 Å². The summed E-state index contributed by atoms with van der Waals surface area (Å²) in [4.78, 5) is 11.9. The smallest absolute Gasteiger partial charge is 0.185 e. The van der Waals surface area contributed by atoms with Crippen molar-refractivity contribution in [3.8, 4) is 0 Å². The molecule has 0 fully saturated rings. The minimum Gasteiger partial charge on any atom is -0.398 e. The van der Waals surface area contributed by atoms with E-state index in [1.165, 1.54) is 0 Å². The Bertz CT molecular complexity index is 585. The second kappa shape index (κ2) is 5.32. The van der Waals surface area contributed by atoms with Crippen molar-refractivity contribution in [3.05, 3.63) is 71.3 Å². The average molecular weight is 237 g/mol. The first-order chi connectivity index (χ1) is 8.66. The van der Waals surface area contributed by atoms with Crippen LogP contribution in [0.25, 0.3) is 6.08 Å². The lowest BCUT2D eigenvalue weighted by Crippen LogP contribution is -1.94. The molecule has 2 N–H and O–H groups in total. The quantitative estimate of drug-likeness (QED) is 0.504. The van der Waals surface area contributed by atoms with Crippen molar-refractivity contribution in [3.63, 3.8) is 0 Å². The molecule has 0 bridgehead atoms. The van der Waals surface area contributed by atoms with Gasteiger partial charge in [-0.05, 0) is 36.8 Å². The van der Waals surface area contributed by atoms with Gasteiger partial charge in [0.15, 0.2) is 5.78 Å². The molecular formula is C16H15NO. The van der Waals surface area contributed by atoms with E-state index in [-0.39, 0.29) is 5.78 Å². The predicted octanol–water partition coefficient (Wildman–Crippen LogP) is 3.47. The van der Waals surface area contributed by atoms with Crippen LogP contribution in [0.3, 0.4) is 0 Å². The summed E-state index contributed by atoms with van der Waals surface area (Å²) in [5.74, 6) is -0.0171. The number of benzene rings is 2. The fraction of sp³-hybridized carbons (Fsp3) is 0.0625. The third-order valence-corrected chi connectivity index (χ3v) is 2.71. The van der Waals surface area contributed by atoms with Crippen LogP contribution in [0.15, 0.2) is 54.6 Å². The molecule has 90 valence electrons. The van der Waals surface area contributed by atoms with Crippen molar-refractivity contribution >= 4 is 17.5 Å². The van der Waals surface area contributed by atoms with Gasteiger partial charge in [-0.25, -0.2) is 0 Å². The minimum absolute atomic E-state index is 0.0171. The normalized spacial score (nSPS) is 10.7. The number of hydrogen-bond donors (Lipinski definition) is 1. The molecule has 2 aromatic rings. The lowest BCUT2D eigenvalue weighted by molar-refractivity contribution is 0.104. The van der Waals surface area contributed by atoms with Gasteiger partial charge < -0.3 is 5.73 Å². The maximum absolute atomic E-state index is 11.9. The summed E-state index contributed by atoms with van der Waals surface area (Å²) in [5, 5.41) is 0. The number of allylic oxidation sites excluding steroid dienone is 1. The molecule has 18 heavy (non-hydrogen) atoms. The fourth-order valence-electron chi connectivity index (χ4n) is 1.70. The number of nitrogens with two attached hydrogens (primary N) is 1.